The lowest BCUT2D eigenvalue weighted by Gasteiger charge is -2.26. The number of hydrogen-bond donors (Lipinski definition) is 1. The predicted molar refractivity (Wildman–Crippen MR) is 65.1 cm³/mol. The Morgan fingerprint density at radius 1 is 1.20 bits per heavy atom. The van der Waals surface area contributed by atoms with Crippen LogP contribution in [-0.4, -0.2) is 36.6 Å². The molecule has 1 aliphatic heterocycles. The third kappa shape index (κ3) is 2.73. The Morgan fingerprint density at radius 2 is 2.07 bits per heavy atom. The van der Waals surface area contributed by atoms with Crippen molar-refractivity contribution in [3.63, 3.8) is 0 Å². The van der Waals surface area contributed by atoms with Crippen molar-refractivity contribution in [1.29, 1.82) is 0 Å². The van der Waals surface area contributed by atoms with Gasteiger partial charge in [0.25, 0.3) is 0 Å². The van der Waals surface area contributed by atoms with Crippen molar-refractivity contribution in [1.82, 2.24) is 10.2 Å². The SMILES string of the molecule is CCN1CCC[C@@H]1CN[C@H]1CCC[C@H]1C. The van der Waals surface area contributed by atoms with Gasteiger partial charge in [-0.2, -0.15) is 0 Å². The lowest BCUT2D eigenvalue weighted by Crippen LogP contribution is -2.42. The van der Waals surface area contributed by atoms with Gasteiger partial charge in [0.05, 0.1) is 0 Å². The molecule has 2 heteroatoms. The Morgan fingerprint density at radius 3 is 2.73 bits per heavy atom. The zero-order chi connectivity index (χ0) is 10.7. The van der Waals surface area contributed by atoms with Gasteiger partial charge in [-0.05, 0) is 44.7 Å². The molecule has 0 bridgehead atoms. The lowest BCUT2D eigenvalue weighted by molar-refractivity contribution is 0.248. The molecule has 1 heterocycles. The molecule has 0 aromatic rings. The van der Waals surface area contributed by atoms with Gasteiger partial charge in [0, 0.05) is 18.6 Å². The highest BCUT2D eigenvalue weighted by Gasteiger charge is 2.26. The summed E-state index contributed by atoms with van der Waals surface area (Å²) in [7, 11) is 0. The molecule has 1 N–H and O–H groups in total. The molecule has 0 spiro atoms. The van der Waals surface area contributed by atoms with Crippen LogP contribution in [0.5, 0.6) is 0 Å². The third-order valence-electron chi connectivity index (χ3n) is 4.38. The molecule has 3 atom stereocenters. The Hall–Kier alpha value is -0.0800. The van der Waals surface area contributed by atoms with Crippen molar-refractivity contribution in [3.8, 4) is 0 Å². The number of likely N-dealkylation sites (N-methyl/N-ethyl adjacent to an activating group) is 1. The summed E-state index contributed by atoms with van der Waals surface area (Å²) < 4.78 is 0. The largest absolute Gasteiger partial charge is 0.312 e. The maximum atomic E-state index is 3.80. The van der Waals surface area contributed by atoms with Crippen molar-refractivity contribution in [2.45, 2.75) is 58.0 Å². The summed E-state index contributed by atoms with van der Waals surface area (Å²) in [4.78, 5) is 2.63. The molecular weight excluding hydrogens is 184 g/mol. The predicted octanol–water partition coefficient (Wildman–Crippen LogP) is 2.25. The van der Waals surface area contributed by atoms with Gasteiger partial charge in [0.15, 0.2) is 0 Å². The summed E-state index contributed by atoms with van der Waals surface area (Å²) in [6.45, 7) is 8.46. The van der Waals surface area contributed by atoms with E-state index in [-0.39, 0.29) is 0 Å². The molecule has 2 rings (SSSR count). The van der Waals surface area contributed by atoms with E-state index in [4.69, 9.17) is 0 Å². The van der Waals surface area contributed by atoms with Crippen LogP contribution in [0.3, 0.4) is 0 Å². The van der Waals surface area contributed by atoms with Gasteiger partial charge in [-0.3, -0.25) is 4.90 Å². The average Bonchev–Trinajstić information content (AvgIpc) is 2.83. The summed E-state index contributed by atoms with van der Waals surface area (Å²) in [6, 6.07) is 1.63. The maximum Gasteiger partial charge on any atom is 0.0221 e. The van der Waals surface area contributed by atoms with Crippen LogP contribution >= 0.6 is 0 Å². The quantitative estimate of drug-likeness (QED) is 0.765. The van der Waals surface area contributed by atoms with E-state index < -0.39 is 0 Å². The van der Waals surface area contributed by atoms with Gasteiger partial charge in [-0.1, -0.05) is 20.3 Å². The second-order valence-electron chi connectivity index (χ2n) is 5.35. The van der Waals surface area contributed by atoms with Crippen molar-refractivity contribution < 1.29 is 0 Å². The van der Waals surface area contributed by atoms with Crippen LogP contribution < -0.4 is 5.32 Å². The minimum Gasteiger partial charge on any atom is -0.312 e. The first-order valence-corrected chi connectivity index (χ1v) is 6.78. The van der Waals surface area contributed by atoms with Gasteiger partial charge in [0.1, 0.15) is 0 Å². The molecule has 0 amide bonds. The Bertz CT molecular complexity index is 193. The van der Waals surface area contributed by atoms with Crippen LogP contribution in [0.15, 0.2) is 0 Å². The highest BCUT2D eigenvalue weighted by atomic mass is 15.2. The topological polar surface area (TPSA) is 15.3 Å². The monoisotopic (exact) mass is 210 g/mol. The third-order valence-corrected chi connectivity index (χ3v) is 4.38. The zero-order valence-electron chi connectivity index (χ0n) is 10.3. The van der Waals surface area contributed by atoms with Crippen LogP contribution in [0.2, 0.25) is 0 Å². The molecule has 0 aromatic carbocycles. The molecule has 2 nitrogen and oxygen atoms in total. The smallest absolute Gasteiger partial charge is 0.0221 e. The Labute approximate surface area is 94.4 Å². The second kappa shape index (κ2) is 5.31. The van der Waals surface area contributed by atoms with E-state index in [1.807, 2.05) is 0 Å². The first-order valence-electron chi connectivity index (χ1n) is 6.78. The number of nitrogens with zero attached hydrogens (tertiary/aromatic N) is 1. The Kier molecular flexibility index (Phi) is 4.04. The molecule has 0 aromatic heterocycles. The molecule has 15 heavy (non-hydrogen) atoms. The molecular formula is C13H26N2. The van der Waals surface area contributed by atoms with Gasteiger partial charge >= 0.3 is 0 Å². The molecule has 2 aliphatic rings. The van der Waals surface area contributed by atoms with Gasteiger partial charge < -0.3 is 5.32 Å². The number of rotatable bonds is 4. The second-order valence-corrected chi connectivity index (χ2v) is 5.35. The number of nitrogens with one attached hydrogen (secondary N) is 1. The van der Waals surface area contributed by atoms with Crippen LogP contribution in [0.1, 0.15) is 46.0 Å². The maximum absolute atomic E-state index is 3.80. The van der Waals surface area contributed by atoms with Gasteiger partial charge in [-0.15, -0.1) is 0 Å². The first-order chi connectivity index (χ1) is 7.31. The summed E-state index contributed by atoms with van der Waals surface area (Å²) >= 11 is 0. The number of hydrogen-bond acceptors (Lipinski definition) is 2. The Balaban J connectivity index is 1.72. The van der Waals surface area contributed by atoms with Gasteiger partial charge in [0.2, 0.25) is 0 Å². The molecule has 1 saturated heterocycles. The van der Waals surface area contributed by atoms with Crippen LogP contribution in [0.4, 0.5) is 0 Å². The molecule has 1 aliphatic carbocycles. The first kappa shape index (κ1) is 11.4. The van der Waals surface area contributed by atoms with E-state index in [9.17, 15) is 0 Å². The van der Waals surface area contributed by atoms with Gasteiger partial charge in [-0.25, -0.2) is 0 Å². The van der Waals surface area contributed by atoms with Crippen molar-refractivity contribution in [3.05, 3.63) is 0 Å². The van der Waals surface area contributed by atoms with E-state index in [2.05, 4.69) is 24.1 Å². The van der Waals surface area contributed by atoms with E-state index in [1.54, 1.807) is 0 Å². The van der Waals surface area contributed by atoms with Crippen molar-refractivity contribution >= 4 is 0 Å². The van der Waals surface area contributed by atoms with Crippen molar-refractivity contribution in [2.75, 3.05) is 19.6 Å². The highest BCUT2D eigenvalue weighted by Crippen LogP contribution is 2.25. The molecule has 1 saturated carbocycles. The molecule has 0 radical (unpaired) electrons. The molecule has 2 fully saturated rings. The fourth-order valence-electron chi connectivity index (χ4n) is 3.28. The minimum atomic E-state index is 0.810. The van der Waals surface area contributed by atoms with E-state index >= 15 is 0 Å². The molecule has 0 unspecified atom stereocenters. The fraction of sp³-hybridized carbons (Fsp3) is 1.00. The standard InChI is InChI=1S/C13H26N2/c1-3-15-9-5-7-12(15)10-14-13-8-4-6-11(13)2/h11-14H,3-10H2,1-2H3/t11-,12-,13+/m1/s1. The van der Waals surface area contributed by atoms with E-state index in [0.717, 1.165) is 18.0 Å². The average molecular weight is 210 g/mol. The summed E-state index contributed by atoms with van der Waals surface area (Å²) in [6.07, 6.45) is 7.07. The van der Waals surface area contributed by atoms with Crippen LogP contribution in [0, 0.1) is 5.92 Å². The van der Waals surface area contributed by atoms with Crippen LogP contribution in [-0.2, 0) is 0 Å². The minimum absolute atomic E-state index is 0.810. The van der Waals surface area contributed by atoms with Crippen molar-refractivity contribution in [2.24, 2.45) is 5.92 Å². The number of likely N-dealkylation sites (tertiary alicyclic amines) is 1. The molecule has 88 valence electrons. The fourth-order valence-corrected chi connectivity index (χ4v) is 3.28. The van der Waals surface area contributed by atoms with E-state index in [0.29, 0.717) is 0 Å². The van der Waals surface area contributed by atoms with Crippen LogP contribution in [0.25, 0.3) is 0 Å². The summed E-state index contributed by atoms with van der Waals surface area (Å²) in [5.41, 5.74) is 0. The van der Waals surface area contributed by atoms with E-state index in [1.165, 1.54) is 51.7 Å². The zero-order valence-corrected chi connectivity index (χ0v) is 10.3. The summed E-state index contributed by atoms with van der Waals surface area (Å²) in [5.74, 6) is 0.904. The normalized spacial score (nSPS) is 37.6. The lowest BCUT2D eigenvalue weighted by atomic mass is 10.1. The summed E-state index contributed by atoms with van der Waals surface area (Å²) in [5, 5.41) is 3.80. The highest BCUT2D eigenvalue weighted by molar-refractivity contribution is 4.85.